The number of hydrogen-bond acceptors (Lipinski definition) is 4. The van der Waals surface area contributed by atoms with Crippen LogP contribution < -0.4 is 5.32 Å². The molecule has 7 heteroatoms. The van der Waals surface area contributed by atoms with Gasteiger partial charge in [0, 0.05) is 11.3 Å². The van der Waals surface area contributed by atoms with Crippen LogP contribution in [0.3, 0.4) is 0 Å². The van der Waals surface area contributed by atoms with E-state index in [1.165, 1.54) is 12.5 Å². The average Bonchev–Trinajstić information content (AvgIpc) is 2.41. The molecule has 0 saturated heterocycles. The Morgan fingerprint density at radius 3 is 2.95 bits per heavy atom. The SMILES string of the molecule is CSC1CCCC(NC(=O)c2cc(Cl)nnc2Cl)C1. The van der Waals surface area contributed by atoms with Crippen molar-refractivity contribution >= 4 is 40.9 Å². The number of rotatable bonds is 3. The van der Waals surface area contributed by atoms with Gasteiger partial charge in [0.15, 0.2) is 10.3 Å². The van der Waals surface area contributed by atoms with Gasteiger partial charge in [-0.1, -0.05) is 29.6 Å². The van der Waals surface area contributed by atoms with E-state index in [0.717, 1.165) is 19.3 Å². The van der Waals surface area contributed by atoms with Gasteiger partial charge in [0.25, 0.3) is 5.91 Å². The molecule has 2 atom stereocenters. The Balaban J connectivity index is 2.02. The van der Waals surface area contributed by atoms with Crippen LogP contribution in [0.1, 0.15) is 36.0 Å². The number of amides is 1. The third-order valence-corrected chi connectivity index (χ3v) is 4.82. The molecule has 1 aliphatic rings. The van der Waals surface area contributed by atoms with Gasteiger partial charge in [0.1, 0.15) is 0 Å². The van der Waals surface area contributed by atoms with Gasteiger partial charge in [-0.05, 0) is 31.6 Å². The number of nitrogens with zero attached hydrogens (tertiary/aromatic N) is 2. The van der Waals surface area contributed by atoms with Crippen molar-refractivity contribution in [3.8, 4) is 0 Å². The van der Waals surface area contributed by atoms with Crippen LogP contribution in [0.5, 0.6) is 0 Å². The number of nitrogens with one attached hydrogen (secondary N) is 1. The minimum atomic E-state index is -0.228. The molecular weight excluding hydrogens is 305 g/mol. The molecule has 2 unspecified atom stereocenters. The lowest BCUT2D eigenvalue weighted by Crippen LogP contribution is -2.39. The lowest BCUT2D eigenvalue weighted by atomic mass is 9.95. The molecule has 1 aromatic rings. The van der Waals surface area contributed by atoms with Crippen molar-refractivity contribution in [2.24, 2.45) is 0 Å². The monoisotopic (exact) mass is 319 g/mol. The molecule has 0 spiro atoms. The summed E-state index contributed by atoms with van der Waals surface area (Å²) < 4.78 is 0. The number of carbonyl (C=O) groups excluding carboxylic acids is 1. The van der Waals surface area contributed by atoms with Gasteiger partial charge < -0.3 is 5.32 Å². The van der Waals surface area contributed by atoms with E-state index in [1.807, 2.05) is 11.8 Å². The van der Waals surface area contributed by atoms with Crippen molar-refractivity contribution in [1.29, 1.82) is 0 Å². The number of halogens is 2. The molecule has 1 saturated carbocycles. The fraction of sp³-hybridized carbons (Fsp3) is 0.583. The third kappa shape index (κ3) is 3.97. The van der Waals surface area contributed by atoms with Crippen molar-refractivity contribution in [2.75, 3.05) is 6.26 Å². The Hall–Kier alpha value is -0.520. The first kappa shape index (κ1) is 14.9. The highest BCUT2D eigenvalue weighted by Crippen LogP contribution is 2.27. The summed E-state index contributed by atoms with van der Waals surface area (Å²) in [7, 11) is 0. The predicted molar refractivity (Wildman–Crippen MR) is 79.1 cm³/mol. The zero-order valence-corrected chi connectivity index (χ0v) is 12.9. The third-order valence-electron chi connectivity index (χ3n) is 3.26. The molecule has 104 valence electrons. The maximum atomic E-state index is 12.2. The predicted octanol–water partition coefficient (Wildman–Crippen LogP) is 3.19. The van der Waals surface area contributed by atoms with Crippen molar-refractivity contribution in [2.45, 2.75) is 37.0 Å². The summed E-state index contributed by atoms with van der Waals surface area (Å²) in [4.78, 5) is 12.2. The van der Waals surface area contributed by atoms with Gasteiger partial charge >= 0.3 is 0 Å². The summed E-state index contributed by atoms with van der Waals surface area (Å²) >= 11 is 13.5. The Morgan fingerprint density at radius 2 is 2.21 bits per heavy atom. The number of thioether (sulfide) groups is 1. The zero-order chi connectivity index (χ0) is 13.8. The van der Waals surface area contributed by atoms with Crippen LogP contribution in [0.25, 0.3) is 0 Å². The van der Waals surface area contributed by atoms with Crippen LogP contribution in [-0.4, -0.2) is 33.7 Å². The van der Waals surface area contributed by atoms with Gasteiger partial charge in [-0.15, -0.1) is 10.2 Å². The second kappa shape index (κ2) is 6.77. The summed E-state index contributed by atoms with van der Waals surface area (Å²) in [5.41, 5.74) is 0.285. The highest BCUT2D eigenvalue weighted by molar-refractivity contribution is 7.99. The quantitative estimate of drug-likeness (QED) is 0.929. The largest absolute Gasteiger partial charge is 0.349 e. The van der Waals surface area contributed by atoms with E-state index in [9.17, 15) is 4.79 Å². The van der Waals surface area contributed by atoms with E-state index >= 15 is 0 Å². The van der Waals surface area contributed by atoms with Crippen molar-refractivity contribution in [3.05, 3.63) is 21.9 Å². The van der Waals surface area contributed by atoms with Gasteiger partial charge in [0.05, 0.1) is 5.56 Å². The molecule has 1 N–H and O–H groups in total. The Morgan fingerprint density at radius 1 is 1.42 bits per heavy atom. The molecule has 4 nitrogen and oxygen atoms in total. The van der Waals surface area contributed by atoms with Gasteiger partial charge in [-0.25, -0.2) is 0 Å². The van der Waals surface area contributed by atoms with Gasteiger partial charge in [-0.2, -0.15) is 11.8 Å². The standard InChI is InChI=1S/C12H15Cl2N3OS/c1-19-8-4-2-3-7(5-8)15-12(18)9-6-10(13)16-17-11(9)14/h6-8H,2-5H2,1H3,(H,15,18). The zero-order valence-electron chi connectivity index (χ0n) is 10.5. The van der Waals surface area contributed by atoms with Gasteiger partial charge in [0.2, 0.25) is 0 Å². The first-order valence-electron chi connectivity index (χ1n) is 6.12. The fourth-order valence-corrected chi connectivity index (χ4v) is 3.42. The van der Waals surface area contributed by atoms with E-state index in [4.69, 9.17) is 23.2 Å². The first-order chi connectivity index (χ1) is 9.10. The van der Waals surface area contributed by atoms with Crippen LogP contribution in [-0.2, 0) is 0 Å². The fourth-order valence-electron chi connectivity index (χ4n) is 2.27. The van der Waals surface area contributed by atoms with Crippen molar-refractivity contribution in [3.63, 3.8) is 0 Å². The molecule has 0 aromatic carbocycles. The molecule has 19 heavy (non-hydrogen) atoms. The number of hydrogen-bond donors (Lipinski definition) is 1. The van der Waals surface area contributed by atoms with Crippen LogP contribution in [0.2, 0.25) is 10.3 Å². The molecule has 1 heterocycles. The lowest BCUT2D eigenvalue weighted by molar-refractivity contribution is 0.0928. The summed E-state index contributed by atoms with van der Waals surface area (Å²) in [6.45, 7) is 0. The molecule has 1 fully saturated rings. The molecule has 0 bridgehead atoms. The van der Waals surface area contributed by atoms with Crippen LogP contribution in [0.4, 0.5) is 0 Å². The summed E-state index contributed by atoms with van der Waals surface area (Å²) in [5.74, 6) is -0.228. The molecule has 1 amide bonds. The second-order valence-corrected chi connectivity index (χ2v) is 6.45. The summed E-state index contributed by atoms with van der Waals surface area (Å²) in [5, 5.41) is 11.1. The molecule has 2 rings (SSSR count). The minimum absolute atomic E-state index is 0.0825. The molecule has 0 aliphatic heterocycles. The smallest absolute Gasteiger partial charge is 0.254 e. The first-order valence-corrected chi connectivity index (χ1v) is 8.17. The Labute approximate surface area is 126 Å². The van der Waals surface area contributed by atoms with E-state index < -0.39 is 0 Å². The average molecular weight is 320 g/mol. The van der Waals surface area contributed by atoms with Crippen LogP contribution in [0, 0.1) is 0 Å². The molecule has 1 aliphatic carbocycles. The highest BCUT2D eigenvalue weighted by atomic mass is 35.5. The molecule has 0 radical (unpaired) electrons. The van der Waals surface area contributed by atoms with Crippen LogP contribution >= 0.6 is 35.0 Å². The molecular formula is C12H15Cl2N3OS. The maximum absolute atomic E-state index is 12.2. The normalized spacial score (nSPS) is 23.1. The van der Waals surface area contributed by atoms with E-state index in [-0.39, 0.29) is 27.8 Å². The van der Waals surface area contributed by atoms with E-state index in [0.29, 0.717) is 5.25 Å². The van der Waals surface area contributed by atoms with E-state index in [2.05, 4.69) is 21.8 Å². The second-order valence-electron chi connectivity index (χ2n) is 4.57. The maximum Gasteiger partial charge on any atom is 0.254 e. The van der Waals surface area contributed by atoms with Crippen LogP contribution in [0.15, 0.2) is 6.07 Å². The Kier molecular flexibility index (Phi) is 5.30. The van der Waals surface area contributed by atoms with E-state index in [1.54, 1.807) is 0 Å². The van der Waals surface area contributed by atoms with Crippen molar-refractivity contribution in [1.82, 2.24) is 15.5 Å². The summed E-state index contributed by atoms with van der Waals surface area (Å²) in [6.07, 6.45) is 6.47. The number of aromatic nitrogens is 2. The topological polar surface area (TPSA) is 54.9 Å². The highest BCUT2D eigenvalue weighted by Gasteiger charge is 2.24. The summed E-state index contributed by atoms with van der Waals surface area (Å²) in [6, 6.07) is 1.64. The van der Waals surface area contributed by atoms with Crippen molar-refractivity contribution < 1.29 is 4.79 Å². The minimum Gasteiger partial charge on any atom is -0.349 e. The number of carbonyl (C=O) groups is 1. The van der Waals surface area contributed by atoms with Gasteiger partial charge in [-0.3, -0.25) is 4.79 Å². The molecule has 1 aromatic heterocycles. The lowest BCUT2D eigenvalue weighted by Gasteiger charge is -2.28. The Bertz CT molecular complexity index is 472.